The van der Waals surface area contributed by atoms with Crippen LogP contribution in [0.1, 0.15) is 18.0 Å². The summed E-state index contributed by atoms with van der Waals surface area (Å²) >= 11 is 0. The third-order valence-electron chi connectivity index (χ3n) is 2.64. The van der Waals surface area contributed by atoms with Crippen molar-refractivity contribution in [2.75, 3.05) is 0 Å². The molecule has 0 amide bonds. The van der Waals surface area contributed by atoms with E-state index in [9.17, 15) is 0 Å². The number of rotatable bonds is 3. The van der Waals surface area contributed by atoms with E-state index in [1.807, 2.05) is 18.2 Å². The van der Waals surface area contributed by atoms with Crippen molar-refractivity contribution in [1.29, 1.82) is 0 Å². The monoisotopic (exact) mass is 197 g/mol. The van der Waals surface area contributed by atoms with Crippen LogP contribution in [0.3, 0.4) is 0 Å². The molecule has 1 nitrogen and oxygen atoms in total. The lowest BCUT2D eigenvalue weighted by Gasteiger charge is -2.12. The van der Waals surface area contributed by atoms with Gasteiger partial charge in [0.2, 0.25) is 0 Å². The van der Waals surface area contributed by atoms with E-state index in [-0.39, 0.29) is 6.04 Å². The second-order valence-electron chi connectivity index (χ2n) is 3.70. The molecule has 0 spiro atoms. The minimum absolute atomic E-state index is 0.0496. The average Bonchev–Trinajstić information content (AvgIpc) is 2.28. The van der Waals surface area contributed by atoms with Crippen LogP contribution in [-0.4, -0.2) is 0 Å². The van der Waals surface area contributed by atoms with E-state index in [1.54, 1.807) is 0 Å². The number of fused-ring (bicyclic) bond motifs is 1. The quantitative estimate of drug-likeness (QED) is 0.750. The summed E-state index contributed by atoms with van der Waals surface area (Å²) in [5.74, 6) is 0. The van der Waals surface area contributed by atoms with Crippen LogP contribution in [0.15, 0.2) is 55.1 Å². The van der Waals surface area contributed by atoms with Gasteiger partial charge in [0.1, 0.15) is 0 Å². The van der Waals surface area contributed by atoms with Gasteiger partial charge in [0.05, 0.1) is 0 Å². The minimum atomic E-state index is 0.0496. The van der Waals surface area contributed by atoms with Gasteiger partial charge in [0.25, 0.3) is 0 Å². The molecule has 2 aromatic carbocycles. The molecule has 2 N–H and O–H groups in total. The largest absolute Gasteiger partial charge is 0.324 e. The summed E-state index contributed by atoms with van der Waals surface area (Å²) in [4.78, 5) is 0. The molecule has 15 heavy (non-hydrogen) atoms. The Morgan fingerprint density at radius 3 is 2.67 bits per heavy atom. The third-order valence-corrected chi connectivity index (χ3v) is 2.64. The van der Waals surface area contributed by atoms with Crippen molar-refractivity contribution in [1.82, 2.24) is 0 Å². The third kappa shape index (κ3) is 1.92. The first-order valence-corrected chi connectivity index (χ1v) is 5.17. The molecule has 2 rings (SSSR count). The van der Waals surface area contributed by atoms with Crippen LogP contribution in [0.5, 0.6) is 0 Å². The molecule has 1 atom stereocenters. The first-order valence-electron chi connectivity index (χ1n) is 5.17. The van der Waals surface area contributed by atoms with E-state index in [0.717, 1.165) is 6.42 Å². The average molecular weight is 197 g/mol. The van der Waals surface area contributed by atoms with Gasteiger partial charge >= 0.3 is 0 Å². The number of hydrogen-bond donors (Lipinski definition) is 1. The molecule has 2 aromatic rings. The lowest BCUT2D eigenvalue weighted by molar-refractivity contribution is 0.748. The van der Waals surface area contributed by atoms with Crippen LogP contribution in [0.25, 0.3) is 10.8 Å². The summed E-state index contributed by atoms with van der Waals surface area (Å²) in [6.45, 7) is 3.73. The van der Waals surface area contributed by atoms with E-state index in [0.29, 0.717) is 0 Å². The fourth-order valence-electron chi connectivity index (χ4n) is 1.88. The van der Waals surface area contributed by atoms with Gasteiger partial charge < -0.3 is 5.73 Å². The minimum Gasteiger partial charge on any atom is -0.324 e. The van der Waals surface area contributed by atoms with Gasteiger partial charge in [-0.1, -0.05) is 48.5 Å². The van der Waals surface area contributed by atoms with Gasteiger partial charge in [-0.15, -0.1) is 6.58 Å². The highest BCUT2D eigenvalue weighted by Gasteiger charge is 2.07. The lowest BCUT2D eigenvalue weighted by atomic mass is 9.97. The summed E-state index contributed by atoms with van der Waals surface area (Å²) in [6.07, 6.45) is 2.68. The second kappa shape index (κ2) is 4.28. The van der Waals surface area contributed by atoms with Crippen LogP contribution < -0.4 is 5.73 Å². The molecular formula is C14H15N. The predicted octanol–water partition coefficient (Wildman–Crippen LogP) is 3.42. The first kappa shape index (κ1) is 9.94. The van der Waals surface area contributed by atoms with E-state index in [4.69, 9.17) is 5.73 Å². The zero-order valence-electron chi connectivity index (χ0n) is 8.69. The van der Waals surface area contributed by atoms with Gasteiger partial charge in [-0.25, -0.2) is 0 Å². The van der Waals surface area contributed by atoms with Crippen molar-refractivity contribution >= 4 is 10.8 Å². The maximum absolute atomic E-state index is 6.10. The normalized spacial score (nSPS) is 12.6. The lowest BCUT2D eigenvalue weighted by Crippen LogP contribution is -2.09. The summed E-state index contributed by atoms with van der Waals surface area (Å²) in [5, 5.41) is 2.49. The van der Waals surface area contributed by atoms with Crippen molar-refractivity contribution in [3.05, 3.63) is 60.7 Å². The Kier molecular flexibility index (Phi) is 2.84. The van der Waals surface area contributed by atoms with E-state index in [1.165, 1.54) is 16.3 Å². The maximum atomic E-state index is 6.10. The molecule has 1 heteroatoms. The topological polar surface area (TPSA) is 26.0 Å². The van der Waals surface area contributed by atoms with Crippen molar-refractivity contribution < 1.29 is 0 Å². The fourth-order valence-corrected chi connectivity index (χ4v) is 1.88. The Morgan fingerprint density at radius 1 is 1.13 bits per heavy atom. The molecule has 0 aliphatic carbocycles. The standard InChI is InChI=1S/C14H15N/c1-2-6-14(15)13-10-5-8-11-7-3-4-9-12(11)13/h2-5,7-10,14H,1,6,15H2/t14-/m0/s1. The van der Waals surface area contributed by atoms with Gasteiger partial charge in [0.15, 0.2) is 0 Å². The number of benzene rings is 2. The van der Waals surface area contributed by atoms with Crippen LogP contribution in [0.2, 0.25) is 0 Å². The summed E-state index contributed by atoms with van der Waals surface area (Å²) in [5.41, 5.74) is 7.30. The van der Waals surface area contributed by atoms with E-state index < -0.39 is 0 Å². The zero-order valence-corrected chi connectivity index (χ0v) is 8.69. The SMILES string of the molecule is C=CC[C@H](N)c1cccc2ccccc12. The molecule has 0 radical (unpaired) electrons. The molecule has 0 bridgehead atoms. The molecule has 0 aromatic heterocycles. The molecule has 0 aliphatic heterocycles. The van der Waals surface area contributed by atoms with Crippen molar-refractivity contribution in [3.8, 4) is 0 Å². The molecule has 0 saturated carbocycles. The van der Waals surface area contributed by atoms with Gasteiger partial charge in [-0.05, 0) is 22.8 Å². The van der Waals surface area contributed by atoms with Crippen LogP contribution in [0.4, 0.5) is 0 Å². The summed E-state index contributed by atoms with van der Waals surface area (Å²) in [7, 11) is 0. The first-order chi connectivity index (χ1) is 7.33. The van der Waals surface area contributed by atoms with Gasteiger partial charge in [-0.2, -0.15) is 0 Å². The second-order valence-corrected chi connectivity index (χ2v) is 3.70. The Hall–Kier alpha value is -1.60. The van der Waals surface area contributed by atoms with Gasteiger partial charge in [0, 0.05) is 6.04 Å². The van der Waals surface area contributed by atoms with Crippen LogP contribution >= 0.6 is 0 Å². The van der Waals surface area contributed by atoms with Crippen molar-refractivity contribution in [2.24, 2.45) is 5.73 Å². The molecule has 0 heterocycles. The molecule has 76 valence electrons. The maximum Gasteiger partial charge on any atom is 0.0335 e. The smallest absolute Gasteiger partial charge is 0.0335 e. The predicted molar refractivity (Wildman–Crippen MR) is 65.7 cm³/mol. The van der Waals surface area contributed by atoms with E-state index in [2.05, 4.69) is 36.9 Å². The molecule has 0 aliphatic rings. The molecule has 0 unspecified atom stereocenters. The summed E-state index contributed by atoms with van der Waals surface area (Å²) < 4.78 is 0. The highest BCUT2D eigenvalue weighted by atomic mass is 14.6. The van der Waals surface area contributed by atoms with Crippen LogP contribution in [0, 0.1) is 0 Å². The fraction of sp³-hybridized carbons (Fsp3) is 0.143. The highest BCUT2D eigenvalue weighted by molar-refractivity contribution is 5.86. The van der Waals surface area contributed by atoms with Crippen molar-refractivity contribution in [2.45, 2.75) is 12.5 Å². The van der Waals surface area contributed by atoms with Crippen molar-refractivity contribution in [3.63, 3.8) is 0 Å². The summed E-state index contributed by atoms with van der Waals surface area (Å²) in [6, 6.07) is 14.6. The Bertz CT molecular complexity index is 468. The number of nitrogens with two attached hydrogens (primary N) is 1. The van der Waals surface area contributed by atoms with Crippen LogP contribution in [-0.2, 0) is 0 Å². The number of hydrogen-bond acceptors (Lipinski definition) is 1. The highest BCUT2D eigenvalue weighted by Crippen LogP contribution is 2.24. The molecule has 0 saturated heterocycles. The molecule has 0 fully saturated rings. The van der Waals surface area contributed by atoms with E-state index >= 15 is 0 Å². The van der Waals surface area contributed by atoms with Gasteiger partial charge in [-0.3, -0.25) is 0 Å². The zero-order chi connectivity index (χ0) is 10.7. The molecular weight excluding hydrogens is 182 g/mol. The Morgan fingerprint density at radius 2 is 1.87 bits per heavy atom. The Balaban J connectivity index is 2.55. The Labute approximate surface area is 90.2 Å².